The second kappa shape index (κ2) is 3.44. The summed E-state index contributed by atoms with van der Waals surface area (Å²) in [4.78, 5) is 11.0. The summed E-state index contributed by atoms with van der Waals surface area (Å²) in [7, 11) is 3.11. The number of nitrogens with zero attached hydrogens (tertiary/aromatic N) is 1. The molecule has 0 aliphatic rings. The van der Waals surface area contributed by atoms with Gasteiger partial charge in [-0.25, -0.2) is 4.79 Å². The first-order valence-electron chi connectivity index (χ1n) is 4.65. The number of carboxylic acid groups (broad SMARTS) is 1. The molecule has 2 aromatic rings. The standard InChI is InChI=1S/C11H11NO4/c1-12-8-4-3-6(16-2)5-7(8)10(13)9(12)11(14)15/h3-5,13H,1-2H3,(H,14,15). The SMILES string of the molecule is COc1ccc2c(c1)c(O)c(C(=O)O)n2C. The van der Waals surface area contributed by atoms with E-state index in [-0.39, 0.29) is 11.4 Å². The van der Waals surface area contributed by atoms with Gasteiger partial charge in [0.25, 0.3) is 0 Å². The van der Waals surface area contributed by atoms with E-state index in [2.05, 4.69) is 0 Å². The van der Waals surface area contributed by atoms with E-state index in [1.807, 2.05) is 0 Å². The lowest BCUT2D eigenvalue weighted by atomic mass is 10.2. The van der Waals surface area contributed by atoms with Crippen LogP contribution in [0.5, 0.6) is 11.5 Å². The molecule has 0 unspecified atom stereocenters. The van der Waals surface area contributed by atoms with Gasteiger partial charge in [-0.15, -0.1) is 0 Å². The molecule has 0 saturated carbocycles. The van der Waals surface area contributed by atoms with Crippen molar-refractivity contribution in [2.75, 3.05) is 7.11 Å². The summed E-state index contributed by atoms with van der Waals surface area (Å²) < 4.78 is 6.46. The van der Waals surface area contributed by atoms with E-state index < -0.39 is 5.97 Å². The molecule has 0 bridgehead atoms. The van der Waals surface area contributed by atoms with Gasteiger partial charge in [0.2, 0.25) is 0 Å². The van der Waals surface area contributed by atoms with Gasteiger partial charge in [0.15, 0.2) is 11.4 Å². The second-order valence-electron chi connectivity index (χ2n) is 3.44. The monoisotopic (exact) mass is 221 g/mol. The van der Waals surface area contributed by atoms with Crippen LogP contribution in [0, 0.1) is 0 Å². The Hall–Kier alpha value is -2.17. The van der Waals surface area contributed by atoms with Gasteiger partial charge < -0.3 is 19.5 Å². The molecule has 0 atom stereocenters. The Bertz CT molecular complexity index is 571. The second-order valence-corrected chi connectivity index (χ2v) is 3.44. The minimum atomic E-state index is -1.16. The van der Waals surface area contributed by atoms with Crippen LogP contribution in [0.25, 0.3) is 10.9 Å². The van der Waals surface area contributed by atoms with Crippen LogP contribution in [0.15, 0.2) is 18.2 Å². The summed E-state index contributed by atoms with van der Waals surface area (Å²) in [6, 6.07) is 5.03. The van der Waals surface area contributed by atoms with Gasteiger partial charge in [-0.1, -0.05) is 0 Å². The Morgan fingerprint density at radius 2 is 2.12 bits per heavy atom. The molecule has 0 spiro atoms. The Morgan fingerprint density at radius 3 is 2.69 bits per heavy atom. The molecule has 0 radical (unpaired) electrons. The molecule has 1 aromatic heterocycles. The molecule has 5 nitrogen and oxygen atoms in total. The van der Waals surface area contributed by atoms with Crippen molar-refractivity contribution in [2.24, 2.45) is 7.05 Å². The van der Waals surface area contributed by atoms with Gasteiger partial charge in [-0.2, -0.15) is 0 Å². The molecule has 5 heteroatoms. The third kappa shape index (κ3) is 1.29. The molecule has 0 amide bonds. The molecule has 0 saturated heterocycles. The van der Waals surface area contributed by atoms with Gasteiger partial charge >= 0.3 is 5.97 Å². The molecular formula is C11H11NO4. The Morgan fingerprint density at radius 1 is 1.44 bits per heavy atom. The Labute approximate surface area is 91.5 Å². The minimum Gasteiger partial charge on any atom is -0.505 e. The number of aromatic nitrogens is 1. The zero-order valence-corrected chi connectivity index (χ0v) is 8.89. The average Bonchev–Trinajstić information content (AvgIpc) is 2.51. The van der Waals surface area contributed by atoms with E-state index in [4.69, 9.17) is 9.84 Å². The van der Waals surface area contributed by atoms with Crippen molar-refractivity contribution in [3.8, 4) is 11.5 Å². The fourth-order valence-corrected chi connectivity index (χ4v) is 1.78. The molecule has 84 valence electrons. The van der Waals surface area contributed by atoms with E-state index in [9.17, 15) is 9.90 Å². The zero-order valence-electron chi connectivity index (χ0n) is 8.89. The lowest BCUT2D eigenvalue weighted by Gasteiger charge is -2.00. The number of fused-ring (bicyclic) bond motifs is 1. The highest BCUT2D eigenvalue weighted by Crippen LogP contribution is 2.33. The first-order valence-corrected chi connectivity index (χ1v) is 4.65. The third-order valence-electron chi connectivity index (χ3n) is 2.58. The number of carboxylic acids is 1. The number of carbonyl (C=O) groups is 1. The first kappa shape index (κ1) is 10.4. The van der Waals surface area contributed by atoms with Crippen molar-refractivity contribution in [3.63, 3.8) is 0 Å². The van der Waals surface area contributed by atoms with Crippen LogP contribution >= 0.6 is 0 Å². The van der Waals surface area contributed by atoms with E-state index in [0.717, 1.165) is 0 Å². The van der Waals surface area contributed by atoms with Crippen molar-refractivity contribution >= 4 is 16.9 Å². The highest BCUT2D eigenvalue weighted by atomic mass is 16.5. The maximum atomic E-state index is 11.0. The van der Waals surface area contributed by atoms with Gasteiger partial charge in [-0.05, 0) is 18.2 Å². The summed E-state index contributed by atoms with van der Waals surface area (Å²) in [6.07, 6.45) is 0. The molecule has 1 heterocycles. The fraction of sp³-hybridized carbons (Fsp3) is 0.182. The van der Waals surface area contributed by atoms with Gasteiger partial charge in [0.1, 0.15) is 5.75 Å². The third-order valence-corrected chi connectivity index (χ3v) is 2.58. The number of hydrogen-bond acceptors (Lipinski definition) is 3. The van der Waals surface area contributed by atoms with Crippen LogP contribution in [0.3, 0.4) is 0 Å². The molecular weight excluding hydrogens is 210 g/mol. The predicted molar refractivity (Wildman–Crippen MR) is 58.1 cm³/mol. The number of methoxy groups -OCH3 is 1. The van der Waals surface area contributed by atoms with Crippen LogP contribution < -0.4 is 4.74 Å². The molecule has 2 N–H and O–H groups in total. The maximum Gasteiger partial charge on any atom is 0.356 e. The number of aromatic hydroxyl groups is 1. The molecule has 1 aromatic carbocycles. The quantitative estimate of drug-likeness (QED) is 0.807. The summed E-state index contributed by atoms with van der Waals surface area (Å²) >= 11 is 0. The van der Waals surface area contributed by atoms with Gasteiger partial charge in [0, 0.05) is 12.4 Å². The largest absolute Gasteiger partial charge is 0.505 e. The van der Waals surface area contributed by atoms with Crippen LogP contribution in [-0.2, 0) is 7.05 Å². The van der Waals surface area contributed by atoms with Crippen molar-refractivity contribution in [2.45, 2.75) is 0 Å². The smallest absolute Gasteiger partial charge is 0.356 e. The lowest BCUT2D eigenvalue weighted by molar-refractivity contribution is 0.0683. The topological polar surface area (TPSA) is 71.7 Å². The molecule has 2 rings (SSSR count). The Balaban J connectivity index is 2.83. The van der Waals surface area contributed by atoms with Crippen molar-refractivity contribution in [3.05, 3.63) is 23.9 Å². The number of aryl methyl sites for hydroxylation is 1. The van der Waals surface area contributed by atoms with Crippen molar-refractivity contribution < 1.29 is 19.7 Å². The summed E-state index contributed by atoms with van der Waals surface area (Å²) in [5.74, 6) is -0.815. The first-order chi connectivity index (χ1) is 7.56. The van der Waals surface area contributed by atoms with Crippen LogP contribution in [0.1, 0.15) is 10.5 Å². The highest BCUT2D eigenvalue weighted by molar-refractivity contribution is 6.01. The molecule has 0 fully saturated rings. The van der Waals surface area contributed by atoms with E-state index in [1.165, 1.54) is 11.7 Å². The predicted octanol–water partition coefficient (Wildman–Crippen LogP) is 1.59. The maximum absolute atomic E-state index is 11.0. The van der Waals surface area contributed by atoms with Crippen LogP contribution in [0.4, 0.5) is 0 Å². The zero-order chi connectivity index (χ0) is 11.9. The normalized spacial score (nSPS) is 10.6. The van der Waals surface area contributed by atoms with Crippen molar-refractivity contribution in [1.29, 1.82) is 0 Å². The minimum absolute atomic E-state index is 0.122. The number of benzene rings is 1. The molecule has 0 aliphatic heterocycles. The number of rotatable bonds is 2. The summed E-state index contributed by atoms with van der Waals surface area (Å²) in [6.45, 7) is 0. The lowest BCUT2D eigenvalue weighted by Crippen LogP contribution is -2.03. The van der Waals surface area contributed by atoms with Crippen molar-refractivity contribution in [1.82, 2.24) is 4.57 Å². The van der Waals surface area contributed by atoms with E-state index in [0.29, 0.717) is 16.7 Å². The average molecular weight is 221 g/mol. The van der Waals surface area contributed by atoms with Crippen LogP contribution in [-0.4, -0.2) is 27.9 Å². The molecule has 0 aliphatic carbocycles. The summed E-state index contributed by atoms with van der Waals surface area (Å²) in [5, 5.41) is 19.2. The number of aromatic carboxylic acids is 1. The van der Waals surface area contributed by atoms with Gasteiger partial charge in [-0.3, -0.25) is 0 Å². The molecule has 16 heavy (non-hydrogen) atoms. The Kier molecular flexibility index (Phi) is 2.23. The van der Waals surface area contributed by atoms with Crippen LogP contribution in [0.2, 0.25) is 0 Å². The number of ether oxygens (including phenoxy) is 1. The summed E-state index contributed by atoms with van der Waals surface area (Å²) in [5.41, 5.74) is 0.527. The van der Waals surface area contributed by atoms with E-state index in [1.54, 1.807) is 25.2 Å². The fourth-order valence-electron chi connectivity index (χ4n) is 1.78. The van der Waals surface area contributed by atoms with Gasteiger partial charge in [0.05, 0.1) is 12.6 Å². The highest BCUT2D eigenvalue weighted by Gasteiger charge is 2.20. The number of hydrogen-bond donors (Lipinski definition) is 2. The van der Waals surface area contributed by atoms with E-state index >= 15 is 0 Å².